The topological polar surface area (TPSA) is 32.7 Å². The molecule has 1 fully saturated rings. The normalized spacial score (nSPS) is 26.7. The average molecular weight is 418 g/mol. The van der Waals surface area contributed by atoms with Crippen molar-refractivity contribution in [3.63, 3.8) is 0 Å². The van der Waals surface area contributed by atoms with Gasteiger partial charge >= 0.3 is 0 Å². The maximum Gasteiger partial charge on any atom is 0.188 e. The van der Waals surface area contributed by atoms with Gasteiger partial charge < -0.3 is 14.4 Å². The molecule has 2 aliphatic rings. The van der Waals surface area contributed by atoms with E-state index in [1.807, 2.05) is 13.1 Å². The second-order valence-electron chi connectivity index (χ2n) is 11.5. The van der Waals surface area contributed by atoms with E-state index < -0.39 is 8.32 Å². The van der Waals surface area contributed by atoms with Gasteiger partial charge in [-0.2, -0.15) is 0 Å². The number of fused-ring (bicyclic) bond motifs is 3. The van der Waals surface area contributed by atoms with E-state index in [2.05, 4.69) is 64.8 Å². The molecule has 0 radical (unpaired) electrons. The number of ether oxygens (including phenoxy) is 1. The molecule has 1 N–H and O–H groups in total. The highest BCUT2D eigenvalue weighted by Crippen LogP contribution is 2.54. The van der Waals surface area contributed by atoms with Crippen LogP contribution in [0.1, 0.15) is 78.2 Å². The van der Waals surface area contributed by atoms with Gasteiger partial charge in [0.1, 0.15) is 5.75 Å². The van der Waals surface area contributed by atoms with Crippen LogP contribution in [0.2, 0.25) is 18.1 Å². The first-order valence-corrected chi connectivity index (χ1v) is 14.5. The molecule has 1 aromatic carbocycles. The van der Waals surface area contributed by atoms with Crippen LogP contribution in [-0.2, 0) is 0 Å². The Hall–Kier alpha value is -1.00. The van der Waals surface area contributed by atoms with Crippen LogP contribution < -0.4 is 9.64 Å². The molecule has 1 aromatic rings. The van der Waals surface area contributed by atoms with Gasteiger partial charge in [0.25, 0.3) is 0 Å². The Balaban J connectivity index is 1.71. The first-order valence-electron chi connectivity index (χ1n) is 11.6. The molecule has 1 unspecified atom stereocenters. The summed E-state index contributed by atoms with van der Waals surface area (Å²) in [6.07, 6.45) is 5.98. The minimum absolute atomic E-state index is 0.0170. The SMILES string of the molecule is CC1CC[C@@H]2[C@@H](C1)c1ccc(OCCCC(C)(C)[Si](C)(C)O)cc1N(C)C2(C)C. The van der Waals surface area contributed by atoms with E-state index in [0.717, 1.165) is 30.4 Å². The minimum Gasteiger partial charge on any atom is -0.494 e. The van der Waals surface area contributed by atoms with Gasteiger partial charge in [0.2, 0.25) is 0 Å². The van der Waals surface area contributed by atoms with Crippen molar-refractivity contribution >= 4 is 14.0 Å². The fraction of sp³-hybridized carbons (Fsp3) is 0.760. The highest BCUT2D eigenvalue weighted by atomic mass is 28.4. The summed E-state index contributed by atoms with van der Waals surface area (Å²) in [5.41, 5.74) is 3.05. The number of anilines is 1. The van der Waals surface area contributed by atoms with Crippen LogP contribution in [0.3, 0.4) is 0 Å². The summed E-state index contributed by atoms with van der Waals surface area (Å²) in [5.74, 6) is 3.21. The van der Waals surface area contributed by atoms with Crippen LogP contribution in [0.25, 0.3) is 0 Å². The molecule has 3 nitrogen and oxygen atoms in total. The van der Waals surface area contributed by atoms with Crippen LogP contribution in [0, 0.1) is 11.8 Å². The van der Waals surface area contributed by atoms with Crippen LogP contribution in [0.5, 0.6) is 5.75 Å². The molecule has 1 aliphatic heterocycles. The first-order chi connectivity index (χ1) is 13.3. The van der Waals surface area contributed by atoms with Gasteiger partial charge in [0, 0.05) is 24.3 Å². The maximum atomic E-state index is 10.5. The molecule has 1 aliphatic carbocycles. The summed E-state index contributed by atoms with van der Waals surface area (Å²) in [4.78, 5) is 13.0. The smallest absolute Gasteiger partial charge is 0.188 e. The van der Waals surface area contributed by atoms with Crippen LogP contribution >= 0.6 is 0 Å². The van der Waals surface area contributed by atoms with Gasteiger partial charge in [-0.1, -0.05) is 33.3 Å². The number of rotatable bonds is 6. The Bertz CT molecular complexity index is 722. The van der Waals surface area contributed by atoms with E-state index >= 15 is 0 Å². The minimum atomic E-state index is -2.14. The first kappa shape index (κ1) is 22.7. The van der Waals surface area contributed by atoms with Crippen LogP contribution in [0.4, 0.5) is 5.69 Å². The third-order valence-corrected chi connectivity index (χ3v) is 12.1. The lowest BCUT2D eigenvalue weighted by Gasteiger charge is -2.54. The summed E-state index contributed by atoms with van der Waals surface area (Å²) in [6, 6.07) is 6.78. The van der Waals surface area contributed by atoms with Crippen LogP contribution in [-0.4, -0.2) is 32.3 Å². The van der Waals surface area contributed by atoms with Gasteiger partial charge in [-0.05, 0) is 87.0 Å². The molecule has 0 amide bonds. The molecule has 3 rings (SSSR count). The Morgan fingerprint density at radius 2 is 1.93 bits per heavy atom. The summed E-state index contributed by atoms with van der Waals surface area (Å²) in [5, 5.41) is 0.0170. The van der Waals surface area contributed by atoms with Crippen molar-refractivity contribution in [3.05, 3.63) is 23.8 Å². The van der Waals surface area contributed by atoms with Gasteiger partial charge in [-0.25, -0.2) is 0 Å². The van der Waals surface area contributed by atoms with Crippen molar-refractivity contribution < 1.29 is 9.53 Å². The van der Waals surface area contributed by atoms with Crippen LogP contribution in [0.15, 0.2) is 18.2 Å². The largest absolute Gasteiger partial charge is 0.494 e. The van der Waals surface area contributed by atoms with E-state index in [-0.39, 0.29) is 10.6 Å². The molecule has 0 saturated heterocycles. The molecule has 29 heavy (non-hydrogen) atoms. The van der Waals surface area contributed by atoms with Crippen molar-refractivity contribution in [1.29, 1.82) is 0 Å². The number of benzene rings is 1. The van der Waals surface area contributed by atoms with Gasteiger partial charge in [0.15, 0.2) is 8.32 Å². The van der Waals surface area contributed by atoms with Crippen molar-refractivity contribution in [1.82, 2.24) is 0 Å². The second kappa shape index (κ2) is 7.92. The van der Waals surface area contributed by atoms with E-state index in [1.165, 1.54) is 30.5 Å². The lowest BCUT2D eigenvalue weighted by molar-refractivity contribution is 0.156. The molecule has 0 bridgehead atoms. The second-order valence-corrected chi connectivity index (χ2v) is 15.9. The Morgan fingerprint density at radius 3 is 2.59 bits per heavy atom. The quantitative estimate of drug-likeness (QED) is 0.419. The number of nitrogens with zero attached hydrogens (tertiary/aromatic N) is 1. The molecule has 1 saturated carbocycles. The lowest BCUT2D eigenvalue weighted by atomic mass is 9.62. The fourth-order valence-electron chi connectivity index (χ4n) is 5.36. The molecule has 4 heteroatoms. The third kappa shape index (κ3) is 4.39. The van der Waals surface area contributed by atoms with E-state index in [0.29, 0.717) is 12.5 Å². The van der Waals surface area contributed by atoms with Gasteiger partial charge in [-0.15, -0.1) is 0 Å². The summed E-state index contributed by atoms with van der Waals surface area (Å²) in [6.45, 7) is 16.4. The molecular formula is C25H43NO2Si. The molecule has 3 atom stereocenters. The zero-order chi connectivity index (χ0) is 21.6. The van der Waals surface area contributed by atoms with Gasteiger partial charge in [0.05, 0.1) is 6.61 Å². The van der Waals surface area contributed by atoms with Crippen molar-refractivity contribution in [2.45, 2.75) is 96.3 Å². The highest BCUT2D eigenvalue weighted by molar-refractivity contribution is 6.72. The Labute approximate surface area is 180 Å². The molecule has 0 spiro atoms. The summed E-state index contributed by atoms with van der Waals surface area (Å²) in [7, 11) is 0.114. The Morgan fingerprint density at radius 1 is 1.24 bits per heavy atom. The Kier molecular flexibility index (Phi) is 6.19. The molecular weight excluding hydrogens is 374 g/mol. The van der Waals surface area contributed by atoms with E-state index in [1.54, 1.807) is 0 Å². The number of hydrogen-bond donors (Lipinski definition) is 1. The van der Waals surface area contributed by atoms with E-state index in [9.17, 15) is 4.80 Å². The predicted octanol–water partition coefficient (Wildman–Crippen LogP) is 6.57. The van der Waals surface area contributed by atoms with E-state index in [4.69, 9.17) is 4.74 Å². The average Bonchev–Trinajstić information content (AvgIpc) is 2.62. The molecule has 1 heterocycles. The zero-order valence-corrected chi connectivity index (χ0v) is 21.0. The maximum absolute atomic E-state index is 10.5. The standard InChI is InChI=1S/C25H43NO2Si/c1-18-10-13-22-21(16-18)20-12-11-19(17-23(20)26(6)25(22,4)5)28-15-9-14-24(2,3)29(7,8)27/h11-12,17-18,21-22,27H,9-10,13-16H2,1-8H3/t18?,21-,22+/m0/s1. The van der Waals surface area contributed by atoms with Crippen molar-refractivity contribution in [3.8, 4) is 5.75 Å². The zero-order valence-electron chi connectivity index (χ0n) is 20.0. The predicted molar refractivity (Wildman–Crippen MR) is 127 cm³/mol. The fourth-order valence-corrected chi connectivity index (χ4v) is 6.15. The molecule has 164 valence electrons. The summed E-state index contributed by atoms with van der Waals surface area (Å²) < 4.78 is 6.16. The van der Waals surface area contributed by atoms with Crippen molar-refractivity contribution in [2.24, 2.45) is 11.8 Å². The monoisotopic (exact) mass is 417 g/mol. The molecule has 0 aromatic heterocycles. The van der Waals surface area contributed by atoms with Crippen molar-refractivity contribution in [2.75, 3.05) is 18.6 Å². The summed E-state index contributed by atoms with van der Waals surface area (Å²) >= 11 is 0. The lowest BCUT2D eigenvalue weighted by Crippen LogP contribution is -2.54. The highest BCUT2D eigenvalue weighted by Gasteiger charge is 2.46. The third-order valence-electron chi connectivity index (χ3n) is 8.52. The number of hydrogen-bond acceptors (Lipinski definition) is 3. The van der Waals surface area contributed by atoms with Gasteiger partial charge in [-0.3, -0.25) is 0 Å².